The van der Waals surface area contributed by atoms with Crippen molar-refractivity contribution >= 4 is 17.6 Å². The van der Waals surface area contributed by atoms with Crippen LogP contribution in [0.5, 0.6) is 0 Å². The Bertz CT molecular complexity index is 500. The lowest BCUT2D eigenvalue weighted by atomic mass is 10.1. The van der Waals surface area contributed by atoms with Crippen LogP contribution in [-0.4, -0.2) is 25.0 Å². The second-order valence-corrected chi connectivity index (χ2v) is 4.99. The summed E-state index contributed by atoms with van der Waals surface area (Å²) in [6.45, 7) is 2.61. The molecule has 0 aromatic heterocycles. The standard InChI is InChI=1S/C15H21N3O2/c1-2-8-16-14(19)10-17-15(20)18-13-7-6-11-4-3-5-12(11)9-13/h6-7,9H,2-5,8,10H2,1H3,(H,16,19)(H2,17,18,20). The van der Waals surface area contributed by atoms with Crippen LogP contribution in [0.25, 0.3) is 0 Å². The number of rotatable bonds is 5. The number of fused-ring (bicyclic) bond motifs is 1. The van der Waals surface area contributed by atoms with Gasteiger partial charge in [0.15, 0.2) is 0 Å². The summed E-state index contributed by atoms with van der Waals surface area (Å²) >= 11 is 0. The lowest BCUT2D eigenvalue weighted by molar-refractivity contribution is -0.120. The highest BCUT2D eigenvalue weighted by atomic mass is 16.2. The van der Waals surface area contributed by atoms with Gasteiger partial charge in [0.1, 0.15) is 0 Å². The molecule has 0 aliphatic heterocycles. The van der Waals surface area contributed by atoms with E-state index in [1.807, 2.05) is 19.1 Å². The van der Waals surface area contributed by atoms with E-state index in [4.69, 9.17) is 0 Å². The summed E-state index contributed by atoms with van der Waals surface area (Å²) in [7, 11) is 0. The SMILES string of the molecule is CCCNC(=O)CNC(=O)Nc1ccc2c(c1)CCC2. The maximum atomic E-state index is 11.7. The quantitative estimate of drug-likeness (QED) is 0.767. The van der Waals surface area contributed by atoms with E-state index < -0.39 is 0 Å². The molecule has 0 unspecified atom stereocenters. The highest BCUT2D eigenvalue weighted by molar-refractivity contribution is 5.92. The second kappa shape index (κ2) is 6.93. The summed E-state index contributed by atoms with van der Waals surface area (Å²) in [5, 5.41) is 8.00. The van der Waals surface area contributed by atoms with E-state index in [9.17, 15) is 9.59 Å². The Morgan fingerprint density at radius 2 is 1.95 bits per heavy atom. The fraction of sp³-hybridized carbons (Fsp3) is 0.467. The zero-order valence-corrected chi connectivity index (χ0v) is 11.8. The van der Waals surface area contributed by atoms with Gasteiger partial charge in [-0.2, -0.15) is 0 Å². The van der Waals surface area contributed by atoms with Crippen LogP contribution in [0, 0.1) is 0 Å². The Morgan fingerprint density at radius 1 is 1.15 bits per heavy atom. The van der Waals surface area contributed by atoms with Crippen LogP contribution in [0.1, 0.15) is 30.9 Å². The van der Waals surface area contributed by atoms with Gasteiger partial charge in [0.2, 0.25) is 5.91 Å². The monoisotopic (exact) mass is 275 g/mol. The second-order valence-electron chi connectivity index (χ2n) is 4.99. The van der Waals surface area contributed by atoms with Crippen molar-refractivity contribution in [2.75, 3.05) is 18.4 Å². The van der Waals surface area contributed by atoms with Gasteiger partial charge in [0.25, 0.3) is 0 Å². The number of hydrogen-bond acceptors (Lipinski definition) is 2. The molecular formula is C15H21N3O2. The molecule has 3 N–H and O–H groups in total. The molecule has 0 heterocycles. The van der Waals surface area contributed by atoms with Gasteiger partial charge in [0.05, 0.1) is 6.54 Å². The first-order valence-corrected chi connectivity index (χ1v) is 7.12. The normalized spacial score (nSPS) is 12.7. The third-order valence-corrected chi connectivity index (χ3v) is 3.34. The average molecular weight is 275 g/mol. The molecule has 5 nitrogen and oxygen atoms in total. The highest BCUT2D eigenvalue weighted by Crippen LogP contribution is 2.24. The topological polar surface area (TPSA) is 70.2 Å². The van der Waals surface area contributed by atoms with Crippen LogP contribution in [0.3, 0.4) is 0 Å². The van der Waals surface area contributed by atoms with E-state index >= 15 is 0 Å². The number of nitrogens with one attached hydrogen (secondary N) is 3. The fourth-order valence-electron chi connectivity index (χ4n) is 2.31. The van der Waals surface area contributed by atoms with Gasteiger partial charge in [-0.25, -0.2) is 4.79 Å². The summed E-state index contributed by atoms with van der Waals surface area (Å²) < 4.78 is 0. The molecule has 0 saturated heterocycles. The Hall–Kier alpha value is -2.04. The predicted molar refractivity (Wildman–Crippen MR) is 78.8 cm³/mol. The van der Waals surface area contributed by atoms with Crippen molar-refractivity contribution in [1.29, 1.82) is 0 Å². The minimum absolute atomic E-state index is 0.00320. The van der Waals surface area contributed by atoms with Crippen molar-refractivity contribution in [2.45, 2.75) is 32.6 Å². The van der Waals surface area contributed by atoms with Gasteiger partial charge in [0, 0.05) is 12.2 Å². The number of anilines is 1. The molecule has 0 spiro atoms. The van der Waals surface area contributed by atoms with Crippen molar-refractivity contribution in [3.05, 3.63) is 29.3 Å². The molecule has 1 aliphatic rings. The largest absolute Gasteiger partial charge is 0.355 e. The minimum Gasteiger partial charge on any atom is -0.355 e. The Morgan fingerprint density at radius 3 is 2.75 bits per heavy atom. The van der Waals surface area contributed by atoms with Crippen LogP contribution in [0.15, 0.2) is 18.2 Å². The summed E-state index contributed by atoms with van der Waals surface area (Å²) in [5.41, 5.74) is 3.45. The van der Waals surface area contributed by atoms with Crippen LogP contribution < -0.4 is 16.0 Å². The molecule has 108 valence electrons. The van der Waals surface area contributed by atoms with Crippen LogP contribution in [0.2, 0.25) is 0 Å². The van der Waals surface area contributed by atoms with Crippen LogP contribution in [0.4, 0.5) is 10.5 Å². The zero-order chi connectivity index (χ0) is 14.4. The molecule has 0 fully saturated rings. The minimum atomic E-state index is -0.352. The highest BCUT2D eigenvalue weighted by Gasteiger charge is 2.12. The first-order valence-electron chi connectivity index (χ1n) is 7.12. The van der Waals surface area contributed by atoms with Crippen LogP contribution in [-0.2, 0) is 17.6 Å². The lowest BCUT2D eigenvalue weighted by Crippen LogP contribution is -2.39. The van der Waals surface area contributed by atoms with Crippen molar-refractivity contribution in [2.24, 2.45) is 0 Å². The molecule has 2 rings (SSSR count). The van der Waals surface area contributed by atoms with Crippen LogP contribution >= 0.6 is 0 Å². The van der Waals surface area contributed by atoms with Gasteiger partial charge in [-0.15, -0.1) is 0 Å². The third kappa shape index (κ3) is 3.98. The first-order chi connectivity index (χ1) is 9.69. The molecule has 1 aromatic carbocycles. The predicted octanol–water partition coefficient (Wildman–Crippen LogP) is 1.82. The van der Waals surface area contributed by atoms with Crippen molar-refractivity contribution in [1.82, 2.24) is 10.6 Å². The smallest absolute Gasteiger partial charge is 0.319 e. The van der Waals surface area contributed by atoms with E-state index in [0.29, 0.717) is 6.54 Å². The molecule has 5 heteroatoms. The van der Waals surface area contributed by atoms with Gasteiger partial charge < -0.3 is 16.0 Å². The van der Waals surface area contributed by atoms with Gasteiger partial charge in [-0.05, 0) is 48.9 Å². The van der Waals surface area contributed by atoms with E-state index in [0.717, 1.165) is 24.9 Å². The maximum Gasteiger partial charge on any atom is 0.319 e. The molecule has 0 atom stereocenters. The molecule has 0 radical (unpaired) electrons. The lowest BCUT2D eigenvalue weighted by Gasteiger charge is -2.09. The Labute approximate surface area is 119 Å². The van der Waals surface area contributed by atoms with Crippen molar-refractivity contribution < 1.29 is 9.59 Å². The Kier molecular flexibility index (Phi) is 4.98. The fourth-order valence-corrected chi connectivity index (χ4v) is 2.31. The van der Waals surface area contributed by atoms with E-state index in [1.54, 1.807) is 0 Å². The van der Waals surface area contributed by atoms with E-state index in [2.05, 4.69) is 22.0 Å². The molecule has 0 bridgehead atoms. The van der Waals surface area contributed by atoms with Gasteiger partial charge in [-0.1, -0.05) is 13.0 Å². The third-order valence-electron chi connectivity index (χ3n) is 3.34. The molecule has 20 heavy (non-hydrogen) atoms. The number of carbonyl (C=O) groups is 2. The zero-order valence-electron chi connectivity index (χ0n) is 11.8. The Balaban J connectivity index is 1.78. The molecule has 1 aromatic rings. The summed E-state index contributed by atoms with van der Waals surface area (Å²) in [6, 6.07) is 5.63. The number of benzene rings is 1. The summed E-state index contributed by atoms with van der Waals surface area (Å²) in [4.78, 5) is 23.0. The molecule has 1 aliphatic carbocycles. The van der Waals surface area contributed by atoms with Gasteiger partial charge >= 0.3 is 6.03 Å². The number of amides is 3. The number of hydrogen-bond donors (Lipinski definition) is 3. The van der Waals surface area contributed by atoms with Crippen molar-refractivity contribution in [3.8, 4) is 0 Å². The number of aryl methyl sites for hydroxylation is 2. The molecular weight excluding hydrogens is 254 g/mol. The first kappa shape index (κ1) is 14.4. The average Bonchev–Trinajstić information content (AvgIpc) is 2.90. The van der Waals surface area contributed by atoms with E-state index in [-0.39, 0.29) is 18.5 Å². The van der Waals surface area contributed by atoms with E-state index in [1.165, 1.54) is 17.5 Å². The molecule has 3 amide bonds. The number of carbonyl (C=O) groups excluding carboxylic acids is 2. The maximum absolute atomic E-state index is 11.7. The van der Waals surface area contributed by atoms with Gasteiger partial charge in [-0.3, -0.25) is 4.79 Å². The molecule has 0 saturated carbocycles. The summed E-state index contributed by atoms with van der Waals surface area (Å²) in [5.74, 6) is -0.170. The van der Waals surface area contributed by atoms with Crippen molar-refractivity contribution in [3.63, 3.8) is 0 Å². The number of urea groups is 1. The summed E-state index contributed by atoms with van der Waals surface area (Å²) in [6.07, 6.45) is 4.26.